The van der Waals surface area contributed by atoms with Gasteiger partial charge in [-0.2, -0.15) is 0 Å². The molecule has 142 valence electrons. The molecule has 3 aromatic rings. The first-order valence-electron chi connectivity index (χ1n) is 9.82. The molecule has 2 heterocycles. The SMILES string of the molecule is CCCCCNC(=O)Cc1c(-c2ccc(C)c(C)c2)nc2c(C)cccn12. The first kappa shape index (κ1) is 19.2. The minimum Gasteiger partial charge on any atom is -0.356 e. The Morgan fingerprint density at radius 2 is 1.89 bits per heavy atom. The Kier molecular flexibility index (Phi) is 5.94. The van der Waals surface area contributed by atoms with Gasteiger partial charge in [-0.1, -0.05) is 38.0 Å². The highest BCUT2D eigenvalue weighted by atomic mass is 16.1. The lowest BCUT2D eigenvalue weighted by molar-refractivity contribution is -0.120. The summed E-state index contributed by atoms with van der Waals surface area (Å²) in [5.41, 5.74) is 7.43. The average Bonchev–Trinajstić information content (AvgIpc) is 3.01. The van der Waals surface area contributed by atoms with Crippen molar-refractivity contribution in [2.24, 2.45) is 0 Å². The summed E-state index contributed by atoms with van der Waals surface area (Å²) in [5.74, 6) is 0.0551. The molecule has 0 aliphatic rings. The molecule has 4 heteroatoms. The van der Waals surface area contributed by atoms with E-state index in [1.807, 2.05) is 12.3 Å². The Balaban J connectivity index is 1.97. The van der Waals surface area contributed by atoms with Crippen LogP contribution in [0.3, 0.4) is 0 Å². The highest BCUT2D eigenvalue weighted by Crippen LogP contribution is 2.27. The third-order valence-corrected chi connectivity index (χ3v) is 5.15. The Morgan fingerprint density at radius 1 is 1.07 bits per heavy atom. The van der Waals surface area contributed by atoms with E-state index in [1.54, 1.807) is 0 Å². The minimum absolute atomic E-state index is 0.0551. The summed E-state index contributed by atoms with van der Waals surface area (Å²) in [4.78, 5) is 17.5. The van der Waals surface area contributed by atoms with Crippen LogP contribution in [0.15, 0.2) is 36.5 Å². The van der Waals surface area contributed by atoms with Crippen LogP contribution in [0.4, 0.5) is 0 Å². The number of carbonyl (C=O) groups is 1. The van der Waals surface area contributed by atoms with Crippen LogP contribution in [-0.2, 0) is 11.2 Å². The highest BCUT2D eigenvalue weighted by molar-refractivity contribution is 5.82. The number of amides is 1. The smallest absolute Gasteiger partial charge is 0.226 e. The van der Waals surface area contributed by atoms with E-state index in [0.29, 0.717) is 6.42 Å². The third-order valence-electron chi connectivity index (χ3n) is 5.15. The van der Waals surface area contributed by atoms with E-state index in [9.17, 15) is 4.79 Å². The molecule has 1 aromatic carbocycles. The molecule has 0 radical (unpaired) electrons. The summed E-state index contributed by atoms with van der Waals surface area (Å²) in [6, 6.07) is 10.4. The predicted molar refractivity (Wildman–Crippen MR) is 111 cm³/mol. The molecule has 3 rings (SSSR count). The normalized spacial score (nSPS) is 11.1. The van der Waals surface area contributed by atoms with Gasteiger partial charge in [0.15, 0.2) is 0 Å². The third kappa shape index (κ3) is 4.21. The number of hydrogen-bond acceptors (Lipinski definition) is 2. The summed E-state index contributed by atoms with van der Waals surface area (Å²) in [6.45, 7) is 9.18. The maximum atomic E-state index is 12.6. The van der Waals surface area contributed by atoms with E-state index in [2.05, 4.69) is 61.7 Å². The molecule has 0 bridgehead atoms. The topological polar surface area (TPSA) is 46.4 Å². The molecule has 4 nitrogen and oxygen atoms in total. The van der Waals surface area contributed by atoms with Crippen molar-refractivity contribution in [2.45, 2.75) is 53.4 Å². The van der Waals surface area contributed by atoms with Gasteiger partial charge in [-0.15, -0.1) is 0 Å². The fraction of sp³-hybridized carbons (Fsp3) is 0.391. The van der Waals surface area contributed by atoms with Crippen LogP contribution in [0.2, 0.25) is 0 Å². The second-order valence-electron chi connectivity index (χ2n) is 7.32. The number of hydrogen-bond donors (Lipinski definition) is 1. The number of aryl methyl sites for hydroxylation is 3. The fourth-order valence-corrected chi connectivity index (χ4v) is 3.36. The first-order chi connectivity index (χ1) is 13.0. The maximum absolute atomic E-state index is 12.6. The monoisotopic (exact) mass is 363 g/mol. The van der Waals surface area contributed by atoms with E-state index in [0.717, 1.165) is 54.0 Å². The van der Waals surface area contributed by atoms with Crippen molar-refractivity contribution in [1.29, 1.82) is 0 Å². The van der Waals surface area contributed by atoms with Crippen molar-refractivity contribution in [3.8, 4) is 11.3 Å². The molecule has 0 saturated carbocycles. The van der Waals surface area contributed by atoms with Crippen molar-refractivity contribution >= 4 is 11.6 Å². The van der Waals surface area contributed by atoms with E-state index >= 15 is 0 Å². The predicted octanol–water partition coefficient (Wildman–Crippen LogP) is 4.78. The Hall–Kier alpha value is -2.62. The van der Waals surface area contributed by atoms with Gasteiger partial charge in [0.05, 0.1) is 17.8 Å². The number of imidazole rings is 1. The second kappa shape index (κ2) is 8.38. The number of pyridine rings is 1. The highest BCUT2D eigenvalue weighted by Gasteiger charge is 2.18. The molecular weight excluding hydrogens is 334 g/mol. The molecule has 1 N–H and O–H groups in total. The lowest BCUT2D eigenvalue weighted by Gasteiger charge is -2.08. The summed E-state index contributed by atoms with van der Waals surface area (Å²) < 4.78 is 2.06. The van der Waals surface area contributed by atoms with Crippen LogP contribution in [0.1, 0.15) is 48.6 Å². The number of aromatic nitrogens is 2. The van der Waals surface area contributed by atoms with Crippen molar-refractivity contribution in [1.82, 2.24) is 14.7 Å². The van der Waals surface area contributed by atoms with Crippen LogP contribution in [0, 0.1) is 20.8 Å². The van der Waals surface area contributed by atoms with Gasteiger partial charge in [0.1, 0.15) is 5.65 Å². The molecule has 27 heavy (non-hydrogen) atoms. The van der Waals surface area contributed by atoms with Crippen molar-refractivity contribution in [2.75, 3.05) is 6.54 Å². The first-order valence-corrected chi connectivity index (χ1v) is 9.82. The Labute approximate surface area is 161 Å². The number of unbranched alkanes of at least 4 members (excludes halogenated alkanes) is 2. The summed E-state index contributed by atoms with van der Waals surface area (Å²) in [5, 5.41) is 3.05. The van der Waals surface area contributed by atoms with Crippen molar-refractivity contribution in [3.05, 3.63) is 58.9 Å². The maximum Gasteiger partial charge on any atom is 0.226 e. The quantitative estimate of drug-likeness (QED) is 0.614. The summed E-state index contributed by atoms with van der Waals surface area (Å²) >= 11 is 0. The summed E-state index contributed by atoms with van der Waals surface area (Å²) in [7, 11) is 0. The zero-order chi connectivity index (χ0) is 19.4. The second-order valence-corrected chi connectivity index (χ2v) is 7.32. The number of rotatable bonds is 7. The number of nitrogens with one attached hydrogen (secondary N) is 1. The van der Waals surface area contributed by atoms with Crippen LogP contribution < -0.4 is 5.32 Å². The van der Waals surface area contributed by atoms with E-state index < -0.39 is 0 Å². The number of nitrogens with zero attached hydrogens (tertiary/aromatic N) is 2. The van der Waals surface area contributed by atoms with Gasteiger partial charge in [-0.25, -0.2) is 4.98 Å². The van der Waals surface area contributed by atoms with E-state index in [-0.39, 0.29) is 5.91 Å². The molecular formula is C23H29N3O. The molecule has 0 fully saturated rings. The summed E-state index contributed by atoms with van der Waals surface area (Å²) in [6.07, 6.45) is 5.65. The zero-order valence-electron chi connectivity index (χ0n) is 16.8. The lowest BCUT2D eigenvalue weighted by atomic mass is 10.0. The van der Waals surface area contributed by atoms with Gasteiger partial charge in [0, 0.05) is 18.3 Å². The van der Waals surface area contributed by atoms with Crippen LogP contribution in [-0.4, -0.2) is 21.8 Å². The van der Waals surface area contributed by atoms with Gasteiger partial charge >= 0.3 is 0 Å². The number of carbonyl (C=O) groups excluding carboxylic acids is 1. The molecule has 0 unspecified atom stereocenters. The van der Waals surface area contributed by atoms with Crippen molar-refractivity contribution in [3.63, 3.8) is 0 Å². The van der Waals surface area contributed by atoms with Crippen LogP contribution in [0.25, 0.3) is 16.9 Å². The van der Waals surface area contributed by atoms with Crippen LogP contribution >= 0.6 is 0 Å². The standard InChI is InChI=1S/C23H29N3O/c1-5-6-7-12-24-21(27)15-20-22(19-11-10-16(2)18(4)14-19)25-23-17(3)9-8-13-26(20)23/h8-11,13-14H,5-7,12,15H2,1-4H3,(H,24,27). The van der Waals surface area contributed by atoms with Crippen molar-refractivity contribution < 1.29 is 4.79 Å². The molecule has 0 aliphatic carbocycles. The van der Waals surface area contributed by atoms with Gasteiger partial charge in [0.2, 0.25) is 5.91 Å². The van der Waals surface area contributed by atoms with Gasteiger partial charge < -0.3 is 9.72 Å². The average molecular weight is 364 g/mol. The largest absolute Gasteiger partial charge is 0.356 e. The van der Waals surface area contributed by atoms with Gasteiger partial charge in [0.25, 0.3) is 0 Å². The van der Waals surface area contributed by atoms with Crippen LogP contribution in [0.5, 0.6) is 0 Å². The molecule has 1 amide bonds. The zero-order valence-corrected chi connectivity index (χ0v) is 16.8. The van der Waals surface area contributed by atoms with E-state index in [4.69, 9.17) is 4.98 Å². The molecule has 0 saturated heterocycles. The van der Waals surface area contributed by atoms with Gasteiger partial charge in [-0.3, -0.25) is 4.79 Å². The lowest BCUT2D eigenvalue weighted by Crippen LogP contribution is -2.26. The number of fused-ring (bicyclic) bond motifs is 1. The molecule has 0 spiro atoms. The minimum atomic E-state index is 0.0551. The Morgan fingerprint density at radius 3 is 2.63 bits per heavy atom. The van der Waals surface area contributed by atoms with Gasteiger partial charge in [-0.05, 0) is 56.0 Å². The number of benzene rings is 1. The molecule has 0 aliphatic heterocycles. The fourth-order valence-electron chi connectivity index (χ4n) is 3.36. The van der Waals surface area contributed by atoms with E-state index in [1.165, 1.54) is 11.1 Å². The Bertz CT molecular complexity index is 956. The molecule has 0 atom stereocenters. The molecule has 2 aromatic heterocycles.